The van der Waals surface area contributed by atoms with Crippen molar-refractivity contribution in [2.75, 3.05) is 39.4 Å². The molecule has 1 atom stereocenters. The van der Waals surface area contributed by atoms with E-state index in [1.54, 1.807) is 0 Å². The Bertz CT molecular complexity index is 671. The van der Waals surface area contributed by atoms with Gasteiger partial charge in [-0.25, -0.2) is 0 Å². The predicted octanol–water partition coefficient (Wildman–Crippen LogP) is 1.92. The fraction of sp³-hybridized carbons (Fsp3) is 0.524. The van der Waals surface area contributed by atoms with Crippen LogP contribution in [0.3, 0.4) is 0 Å². The van der Waals surface area contributed by atoms with Crippen LogP contribution in [0.4, 0.5) is 0 Å². The maximum absolute atomic E-state index is 12.4. The first kappa shape index (κ1) is 18.5. The standard InChI is InChI=1S/C21H26N2O3/c24-20(22-13-15-26-16-14-22)11-9-19-7-4-12-23(17-19)21(25)10-8-18-5-2-1-3-6-18/h1-3,5-6,19H,4,7,9,11-17H2/t19-/m1/s1. The van der Waals surface area contributed by atoms with Crippen molar-refractivity contribution in [2.45, 2.75) is 25.7 Å². The number of hydrogen-bond donors (Lipinski definition) is 0. The Balaban J connectivity index is 1.47. The van der Waals surface area contributed by atoms with Crippen molar-refractivity contribution in [3.05, 3.63) is 35.9 Å². The van der Waals surface area contributed by atoms with Crippen LogP contribution in [0, 0.1) is 17.8 Å². The lowest BCUT2D eigenvalue weighted by molar-refractivity contribution is -0.135. The van der Waals surface area contributed by atoms with E-state index in [0.717, 1.165) is 31.4 Å². The van der Waals surface area contributed by atoms with Gasteiger partial charge in [-0.15, -0.1) is 0 Å². The Morgan fingerprint density at radius 1 is 1.08 bits per heavy atom. The number of likely N-dealkylation sites (tertiary alicyclic amines) is 1. The van der Waals surface area contributed by atoms with Crippen molar-refractivity contribution in [1.82, 2.24) is 9.80 Å². The van der Waals surface area contributed by atoms with Gasteiger partial charge in [0.1, 0.15) is 0 Å². The minimum absolute atomic E-state index is 0.113. The first-order valence-corrected chi connectivity index (χ1v) is 9.44. The molecule has 2 amide bonds. The minimum Gasteiger partial charge on any atom is -0.378 e. The summed E-state index contributed by atoms with van der Waals surface area (Å²) in [5.74, 6) is 6.17. The molecule has 26 heavy (non-hydrogen) atoms. The van der Waals surface area contributed by atoms with E-state index in [4.69, 9.17) is 4.74 Å². The highest BCUT2D eigenvalue weighted by atomic mass is 16.5. The van der Waals surface area contributed by atoms with E-state index >= 15 is 0 Å². The van der Waals surface area contributed by atoms with Crippen molar-refractivity contribution < 1.29 is 14.3 Å². The summed E-state index contributed by atoms with van der Waals surface area (Å²) in [6.07, 6.45) is 3.45. The average Bonchev–Trinajstić information content (AvgIpc) is 2.72. The molecule has 0 bridgehead atoms. The van der Waals surface area contributed by atoms with Gasteiger partial charge in [0.2, 0.25) is 5.91 Å². The summed E-state index contributed by atoms with van der Waals surface area (Å²) in [6, 6.07) is 9.56. The predicted molar refractivity (Wildman–Crippen MR) is 99.3 cm³/mol. The average molecular weight is 354 g/mol. The van der Waals surface area contributed by atoms with Gasteiger partial charge in [-0.3, -0.25) is 9.59 Å². The highest BCUT2D eigenvalue weighted by Crippen LogP contribution is 2.21. The van der Waals surface area contributed by atoms with Crippen LogP contribution >= 0.6 is 0 Å². The zero-order valence-corrected chi connectivity index (χ0v) is 15.2. The number of piperidine rings is 1. The van der Waals surface area contributed by atoms with Crippen LogP contribution in [-0.2, 0) is 14.3 Å². The van der Waals surface area contributed by atoms with Crippen LogP contribution < -0.4 is 0 Å². The first-order valence-electron chi connectivity index (χ1n) is 9.44. The van der Waals surface area contributed by atoms with Gasteiger partial charge in [-0.2, -0.15) is 0 Å². The van der Waals surface area contributed by atoms with E-state index in [9.17, 15) is 9.59 Å². The Morgan fingerprint density at radius 3 is 2.62 bits per heavy atom. The summed E-state index contributed by atoms with van der Waals surface area (Å²) in [6.45, 7) is 4.14. The molecule has 0 saturated carbocycles. The van der Waals surface area contributed by atoms with Crippen LogP contribution in [0.5, 0.6) is 0 Å². The summed E-state index contributed by atoms with van der Waals surface area (Å²) in [4.78, 5) is 28.4. The molecule has 0 aliphatic carbocycles. The van der Waals surface area contributed by atoms with Gasteiger partial charge in [0.05, 0.1) is 13.2 Å². The highest BCUT2D eigenvalue weighted by Gasteiger charge is 2.24. The Kier molecular flexibility index (Phi) is 6.68. The second-order valence-corrected chi connectivity index (χ2v) is 6.91. The van der Waals surface area contributed by atoms with Crippen LogP contribution in [-0.4, -0.2) is 61.0 Å². The van der Waals surface area contributed by atoms with Crippen molar-refractivity contribution in [3.63, 3.8) is 0 Å². The fourth-order valence-corrected chi connectivity index (χ4v) is 3.51. The third kappa shape index (κ3) is 5.34. The zero-order chi connectivity index (χ0) is 18.2. The molecule has 0 radical (unpaired) electrons. The second kappa shape index (κ2) is 9.40. The summed E-state index contributed by atoms with van der Waals surface area (Å²) in [5.41, 5.74) is 0.852. The zero-order valence-electron chi connectivity index (χ0n) is 15.2. The van der Waals surface area contributed by atoms with Gasteiger partial charge in [0, 0.05) is 44.1 Å². The van der Waals surface area contributed by atoms with Gasteiger partial charge in [-0.05, 0) is 37.3 Å². The quantitative estimate of drug-likeness (QED) is 0.779. The van der Waals surface area contributed by atoms with Crippen LogP contribution in [0.2, 0.25) is 0 Å². The van der Waals surface area contributed by atoms with E-state index < -0.39 is 0 Å². The minimum atomic E-state index is -0.113. The van der Waals surface area contributed by atoms with E-state index in [2.05, 4.69) is 11.8 Å². The molecule has 138 valence electrons. The molecular weight excluding hydrogens is 328 g/mol. The smallest absolute Gasteiger partial charge is 0.298 e. The number of nitrogens with zero attached hydrogens (tertiary/aromatic N) is 2. The fourth-order valence-electron chi connectivity index (χ4n) is 3.51. The highest BCUT2D eigenvalue weighted by molar-refractivity contribution is 5.94. The number of benzene rings is 1. The number of morpholine rings is 1. The topological polar surface area (TPSA) is 49.9 Å². The molecule has 2 heterocycles. The van der Waals surface area contributed by atoms with Crippen LogP contribution in [0.1, 0.15) is 31.2 Å². The second-order valence-electron chi connectivity index (χ2n) is 6.91. The van der Waals surface area contributed by atoms with Crippen molar-refractivity contribution in [1.29, 1.82) is 0 Å². The summed E-state index contributed by atoms with van der Waals surface area (Å²) < 4.78 is 5.29. The number of carbonyl (C=O) groups excluding carboxylic acids is 2. The molecule has 0 unspecified atom stereocenters. The first-order chi connectivity index (χ1) is 12.7. The van der Waals surface area contributed by atoms with E-state index in [-0.39, 0.29) is 11.8 Å². The lowest BCUT2D eigenvalue weighted by Gasteiger charge is -2.32. The van der Waals surface area contributed by atoms with Crippen molar-refractivity contribution >= 4 is 11.8 Å². The van der Waals surface area contributed by atoms with Gasteiger partial charge < -0.3 is 14.5 Å². The molecule has 2 aliphatic rings. The molecule has 2 saturated heterocycles. The maximum atomic E-state index is 12.4. The normalized spacial score (nSPS) is 20.2. The molecular formula is C21H26N2O3. The van der Waals surface area contributed by atoms with Crippen LogP contribution in [0.25, 0.3) is 0 Å². The van der Waals surface area contributed by atoms with Gasteiger partial charge in [-0.1, -0.05) is 24.1 Å². The molecule has 2 aliphatic heterocycles. The molecule has 2 fully saturated rings. The van der Waals surface area contributed by atoms with Gasteiger partial charge >= 0.3 is 0 Å². The molecule has 5 heteroatoms. The Labute approximate surface area is 155 Å². The molecule has 1 aromatic carbocycles. The SMILES string of the molecule is O=C(C#Cc1ccccc1)N1CCC[C@H](CCC(=O)N2CCOCC2)C1. The lowest BCUT2D eigenvalue weighted by Crippen LogP contribution is -2.42. The third-order valence-corrected chi connectivity index (χ3v) is 5.02. The number of hydrogen-bond acceptors (Lipinski definition) is 3. The Morgan fingerprint density at radius 2 is 1.85 bits per heavy atom. The van der Waals surface area contributed by atoms with Gasteiger partial charge in [0.25, 0.3) is 5.91 Å². The van der Waals surface area contributed by atoms with Gasteiger partial charge in [0.15, 0.2) is 0 Å². The number of rotatable bonds is 3. The number of carbonyl (C=O) groups is 2. The largest absolute Gasteiger partial charge is 0.378 e. The summed E-state index contributed by atoms with van der Waals surface area (Å²) >= 11 is 0. The molecule has 5 nitrogen and oxygen atoms in total. The van der Waals surface area contributed by atoms with E-state index in [0.29, 0.717) is 45.2 Å². The Hall–Kier alpha value is -2.32. The molecule has 3 rings (SSSR count). The van der Waals surface area contributed by atoms with Crippen molar-refractivity contribution in [3.8, 4) is 11.8 Å². The number of ether oxygens (including phenoxy) is 1. The summed E-state index contributed by atoms with van der Waals surface area (Å²) in [7, 11) is 0. The van der Waals surface area contributed by atoms with E-state index in [1.165, 1.54) is 0 Å². The lowest BCUT2D eigenvalue weighted by atomic mass is 9.93. The molecule has 1 aromatic rings. The maximum Gasteiger partial charge on any atom is 0.298 e. The molecule has 0 N–H and O–H groups in total. The molecule has 0 spiro atoms. The third-order valence-electron chi connectivity index (χ3n) is 5.02. The van der Waals surface area contributed by atoms with E-state index in [1.807, 2.05) is 40.1 Å². The molecule has 0 aromatic heterocycles. The monoisotopic (exact) mass is 354 g/mol. The number of amides is 2. The van der Waals surface area contributed by atoms with Crippen molar-refractivity contribution in [2.24, 2.45) is 5.92 Å². The summed E-state index contributed by atoms with van der Waals surface area (Å²) in [5, 5.41) is 0. The van der Waals surface area contributed by atoms with Crippen LogP contribution in [0.15, 0.2) is 30.3 Å².